The lowest BCUT2D eigenvalue weighted by atomic mass is 10.2. The van der Waals surface area contributed by atoms with E-state index in [1.165, 1.54) is 0 Å². The molecule has 1 saturated heterocycles. The Hall–Kier alpha value is -2.37. The Kier molecular flexibility index (Phi) is 3.37. The van der Waals surface area contributed by atoms with E-state index < -0.39 is 0 Å². The molecule has 2 fully saturated rings. The Bertz CT molecular complexity index is 593. The molecular formula is C15H17N3O3. The second-order valence-electron chi connectivity index (χ2n) is 5.54. The molecule has 1 aromatic rings. The molecule has 0 spiro atoms. The number of rotatable bonds is 4. The maximum Gasteiger partial charge on any atom is 0.327 e. The highest BCUT2D eigenvalue weighted by Crippen LogP contribution is 2.30. The molecule has 1 aromatic carbocycles. The topological polar surface area (TPSA) is 69.7 Å². The molecule has 6 nitrogen and oxygen atoms in total. The van der Waals surface area contributed by atoms with Gasteiger partial charge in [-0.2, -0.15) is 0 Å². The number of nitrogens with one attached hydrogen (secondary N) is 1. The molecule has 1 heterocycles. The minimum atomic E-state index is -0.363. The number of imide groups is 1. The average molecular weight is 287 g/mol. The summed E-state index contributed by atoms with van der Waals surface area (Å²) in [6, 6.07) is 7.19. The summed E-state index contributed by atoms with van der Waals surface area (Å²) in [7, 11) is 0. The molecule has 0 bridgehead atoms. The van der Waals surface area contributed by atoms with E-state index in [0.717, 1.165) is 23.3 Å². The van der Waals surface area contributed by atoms with Crippen molar-refractivity contribution in [1.82, 2.24) is 9.80 Å². The Balaban J connectivity index is 1.60. The van der Waals surface area contributed by atoms with Gasteiger partial charge >= 0.3 is 6.03 Å². The van der Waals surface area contributed by atoms with E-state index in [2.05, 4.69) is 5.32 Å². The third kappa shape index (κ3) is 2.89. The van der Waals surface area contributed by atoms with E-state index in [9.17, 15) is 14.4 Å². The fraction of sp³-hybridized carbons (Fsp3) is 0.400. The van der Waals surface area contributed by atoms with E-state index in [0.29, 0.717) is 5.69 Å². The van der Waals surface area contributed by atoms with Gasteiger partial charge in [0.05, 0.1) is 0 Å². The molecule has 1 aliphatic carbocycles. The molecule has 110 valence electrons. The van der Waals surface area contributed by atoms with Crippen LogP contribution in [0.2, 0.25) is 0 Å². The SMILES string of the molecule is Cc1ccc(NC(=O)CN2C(=O)CN(C3CC3)C2=O)cc1. The van der Waals surface area contributed by atoms with Crippen LogP contribution in [-0.2, 0) is 9.59 Å². The molecule has 21 heavy (non-hydrogen) atoms. The number of nitrogens with zero attached hydrogens (tertiary/aromatic N) is 2. The van der Waals surface area contributed by atoms with Crippen LogP contribution in [0.15, 0.2) is 24.3 Å². The number of aryl methyl sites for hydroxylation is 1. The number of hydrogen-bond donors (Lipinski definition) is 1. The lowest BCUT2D eigenvalue weighted by Crippen LogP contribution is -2.39. The predicted octanol–water partition coefficient (Wildman–Crippen LogP) is 1.36. The Morgan fingerprint density at radius 2 is 1.90 bits per heavy atom. The standard InChI is InChI=1S/C15H17N3O3/c1-10-2-4-11(5-3-10)16-13(19)8-18-14(20)9-17(15(18)21)12-6-7-12/h2-5,12H,6-9H2,1H3,(H,16,19). The van der Waals surface area contributed by atoms with Crippen LogP contribution in [0.25, 0.3) is 0 Å². The molecule has 3 rings (SSSR count). The summed E-state index contributed by atoms with van der Waals surface area (Å²) >= 11 is 0. The number of urea groups is 1. The molecule has 1 N–H and O–H groups in total. The minimum Gasteiger partial charge on any atom is -0.325 e. The Labute approximate surface area is 122 Å². The zero-order valence-electron chi connectivity index (χ0n) is 11.8. The van der Waals surface area contributed by atoms with Crippen molar-refractivity contribution in [3.05, 3.63) is 29.8 Å². The van der Waals surface area contributed by atoms with Crippen LogP contribution in [0.3, 0.4) is 0 Å². The molecule has 0 aromatic heterocycles. The molecule has 1 saturated carbocycles. The number of carbonyl (C=O) groups is 3. The first-order valence-corrected chi connectivity index (χ1v) is 7.02. The first-order valence-electron chi connectivity index (χ1n) is 7.02. The van der Waals surface area contributed by atoms with Crippen LogP contribution in [0.1, 0.15) is 18.4 Å². The van der Waals surface area contributed by atoms with Gasteiger partial charge in [-0.3, -0.25) is 14.5 Å². The van der Waals surface area contributed by atoms with E-state index in [-0.39, 0.29) is 37.0 Å². The molecule has 2 aliphatic rings. The largest absolute Gasteiger partial charge is 0.327 e. The lowest BCUT2D eigenvalue weighted by molar-refractivity contribution is -0.129. The smallest absolute Gasteiger partial charge is 0.325 e. The van der Waals surface area contributed by atoms with E-state index in [4.69, 9.17) is 0 Å². The summed E-state index contributed by atoms with van der Waals surface area (Å²) in [6.45, 7) is 1.83. The normalized spacial score (nSPS) is 18.3. The van der Waals surface area contributed by atoms with Crippen molar-refractivity contribution < 1.29 is 14.4 Å². The first-order chi connectivity index (χ1) is 10.0. The van der Waals surface area contributed by atoms with Crippen molar-refractivity contribution >= 4 is 23.5 Å². The zero-order chi connectivity index (χ0) is 15.0. The van der Waals surface area contributed by atoms with Crippen molar-refractivity contribution in [2.75, 3.05) is 18.4 Å². The van der Waals surface area contributed by atoms with Gasteiger partial charge in [0.15, 0.2) is 0 Å². The van der Waals surface area contributed by atoms with Crippen LogP contribution >= 0.6 is 0 Å². The van der Waals surface area contributed by atoms with Crippen LogP contribution in [-0.4, -0.2) is 46.8 Å². The van der Waals surface area contributed by atoms with Gasteiger partial charge in [0.1, 0.15) is 13.1 Å². The summed E-state index contributed by atoms with van der Waals surface area (Å²) in [5, 5.41) is 2.69. The van der Waals surface area contributed by atoms with Crippen molar-refractivity contribution in [2.45, 2.75) is 25.8 Å². The fourth-order valence-corrected chi connectivity index (χ4v) is 2.37. The van der Waals surface area contributed by atoms with Crippen molar-refractivity contribution in [3.63, 3.8) is 0 Å². The second-order valence-corrected chi connectivity index (χ2v) is 5.54. The number of benzene rings is 1. The van der Waals surface area contributed by atoms with Gasteiger partial charge in [-0.05, 0) is 31.9 Å². The molecular weight excluding hydrogens is 270 g/mol. The van der Waals surface area contributed by atoms with Gasteiger partial charge in [-0.25, -0.2) is 4.79 Å². The second kappa shape index (κ2) is 5.20. The van der Waals surface area contributed by atoms with Crippen molar-refractivity contribution in [2.24, 2.45) is 0 Å². The quantitative estimate of drug-likeness (QED) is 0.850. The monoisotopic (exact) mass is 287 g/mol. The van der Waals surface area contributed by atoms with Gasteiger partial charge < -0.3 is 10.2 Å². The third-order valence-corrected chi connectivity index (χ3v) is 3.71. The highest BCUT2D eigenvalue weighted by atomic mass is 16.2. The minimum absolute atomic E-state index is 0.0985. The molecule has 4 amide bonds. The maximum absolute atomic E-state index is 12.1. The summed E-state index contributed by atoms with van der Waals surface area (Å²) in [5.41, 5.74) is 1.75. The number of hydrogen-bond acceptors (Lipinski definition) is 3. The van der Waals surface area contributed by atoms with Crippen LogP contribution in [0.4, 0.5) is 10.5 Å². The maximum atomic E-state index is 12.1. The van der Waals surface area contributed by atoms with Gasteiger partial charge in [-0.1, -0.05) is 17.7 Å². The molecule has 1 aliphatic heterocycles. The van der Waals surface area contributed by atoms with Gasteiger partial charge in [0.25, 0.3) is 5.91 Å². The van der Waals surface area contributed by atoms with Gasteiger partial charge in [0, 0.05) is 11.7 Å². The van der Waals surface area contributed by atoms with Crippen molar-refractivity contribution in [3.8, 4) is 0 Å². The Morgan fingerprint density at radius 1 is 1.24 bits per heavy atom. The first kappa shape index (κ1) is 13.6. The predicted molar refractivity (Wildman–Crippen MR) is 76.6 cm³/mol. The van der Waals surface area contributed by atoms with E-state index in [1.54, 1.807) is 17.0 Å². The van der Waals surface area contributed by atoms with E-state index in [1.807, 2.05) is 19.1 Å². The number of amides is 4. The summed E-state index contributed by atoms with van der Waals surface area (Å²) in [6.07, 6.45) is 1.89. The third-order valence-electron chi connectivity index (χ3n) is 3.71. The lowest BCUT2D eigenvalue weighted by Gasteiger charge is -2.16. The van der Waals surface area contributed by atoms with Crippen LogP contribution in [0, 0.1) is 6.92 Å². The summed E-state index contributed by atoms with van der Waals surface area (Å²) in [5.74, 6) is -0.663. The molecule has 0 radical (unpaired) electrons. The van der Waals surface area contributed by atoms with Crippen LogP contribution < -0.4 is 5.32 Å². The fourth-order valence-electron chi connectivity index (χ4n) is 2.37. The zero-order valence-corrected chi connectivity index (χ0v) is 11.8. The number of carbonyl (C=O) groups excluding carboxylic acids is 3. The molecule has 0 atom stereocenters. The van der Waals surface area contributed by atoms with E-state index >= 15 is 0 Å². The number of anilines is 1. The van der Waals surface area contributed by atoms with Crippen LogP contribution in [0.5, 0.6) is 0 Å². The van der Waals surface area contributed by atoms with Crippen molar-refractivity contribution in [1.29, 1.82) is 0 Å². The highest BCUT2D eigenvalue weighted by Gasteiger charge is 2.44. The van der Waals surface area contributed by atoms with Gasteiger partial charge in [0.2, 0.25) is 5.91 Å². The molecule has 0 unspecified atom stereocenters. The van der Waals surface area contributed by atoms with Gasteiger partial charge in [-0.15, -0.1) is 0 Å². The summed E-state index contributed by atoms with van der Waals surface area (Å²) in [4.78, 5) is 38.5. The Morgan fingerprint density at radius 3 is 2.52 bits per heavy atom. The molecule has 6 heteroatoms. The summed E-state index contributed by atoms with van der Waals surface area (Å²) < 4.78 is 0. The average Bonchev–Trinajstić information content (AvgIpc) is 3.24. The highest BCUT2D eigenvalue weighted by molar-refractivity contribution is 6.06.